The van der Waals surface area contributed by atoms with Gasteiger partial charge in [0.25, 0.3) is 0 Å². The van der Waals surface area contributed by atoms with Crippen LogP contribution in [0.5, 0.6) is 11.5 Å². The molecule has 2 N–H and O–H groups in total. The minimum absolute atomic E-state index is 0.411. The van der Waals surface area contributed by atoms with Gasteiger partial charge in [0.1, 0.15) is 6.61 Å². The Kier molecular flexibility index (Phi) is 7.61. The van der Waals surface area contributed by atoms with E-state index in [0.29, 0.717) is 23.2 Å². The smallest absolute Gasteiger partial charge is 0.191 e. The van der Waals surface area contributed by atoms with Gasteiger partial charge in [-0.3, -0.25) is 5.43 Å². The molecular weight excluding hydrogens is 450 g/mol. The number of rotatable bonds is 7. The Morgan fingerprint density at radius 3 is 2.52 bits per heavy atom. The highest BCUT2D eigenvalue weighted by Crippen LogP contribution is 2.28. The van der Waals surface area contributed by atoms with Crippen molar-refractivity contribution in [1.29, 1.82) is 0 Å². The lowest BCUT2D eigenvalue weighted by molar-refractivity contribution is 0.284. The quantitative estimate of drug-likeness (QED) is 0.277. The van der Waals surface area contributed by atoms with Crippen molar-refractivity contribution < 1.29 is 9.47 Å². The number of hydrazone groups is 1. The number of halogens is 1. The third-order valence-electron chi connectivity index (χ3n) is 3.91. The summed E-state index contributed by atoms with van der Waals surface area (Å²) in [7, 11) is 1.61. The molecule has 0 heterocycles. The van der Waals surface area contributed by atoms with Crippen LogP contribution in [0.1, 0.15) is 11.1 Å². The van der Waals surface area contributed by atoms with Crippen LogP contribution in [0.3, 0.4) is 0 Å². The Morgan fingerprint density at radius 1 is 1.03 bits per heavy atom. The predicted molar refractivity (Wildman–Crippen MR) is 125 cm³/mol. The number of anilines is 1. The lowest BCUT2D eigenvalue weighted by Crippen LogP contribution is -2.23. The number of methoxy groups -OCH3 is 1. The first kappa shape index (κ1) is 20.8. The van der Waals surface area contributed by atoms with E-state index in [1.807, 2.05) is 72.8 Å². The van der Waals surface area contributed by atoms with Crippen LogP contribution < -0.4 is 20.2 Å². The Balaban J connectivity index is 1.56. The van der Waals surface area contributed by atoms with Crippen LogP contribution in [0, 0.1) is 0 Å². The number of nitrogens with zero attached hydrogens (tertiary/aromatic N) is 1. The molecule has 7 heteroatoms. The van der Waals surface area contributed by atoms with Crippen LogP contribution >= 0.6 is 28.1 Å². The van der Waals surface area contributed by atoms with E-state index in [0.717, 1.165) is 21.3 Å². The van der Waals surface area contributed by atoms with Gasteiger partial charge < -0.3 is 14.8 Å². The fourth-order valence-electron chi connectivity index (χ4n) is 2.47. The second-order valence-corrected chi connectivity index (χ2v) is 7.34. The minimum Gasteiger partial charge on any atom is -0.493 e. The highest BCUT2D eigenvalue weighted by Gasteiger charge is 2.06. The zero-order valence-electron chi connectivity index (χ0n) is 15.8. The van der Waals surface area contributed by atoms with Crippen LogP contribution in [-0.4, -0.2) is 18.4 Å². The summed E-state index contributed by atoms with van der Waals surface area (Å²) in [6.45, 7) is 0.456. The molecule has 0 aromatic heterocycles. The van der Waals surface area contributed by atoms with Crippen LogP contribution in [0.15, 0.2) is 82.4 Å². The van der Waals surface area contributed by atoms with Gasteiger partial charge in [0, 0.05) is 10.2 Å². The molecule has 0 radical (unpaired) electrons. The number of benzene rings is 3. The van der Waals surface area contributed by atoms with Gasteiger partial charge >= 0.3 is 0 Å². The molecule has 29 heavy (non-hydrogen) atoms. The van der Waals surface area contributed by atoms with Crippen molar-refractivity contribution in [2.45, 2.75) is 6.61 Å². The monoisotopic (exact) mass is 469 g/mol. The number of nitrogens with one attached hydrogen (secondary N) is 2. The van der Waals surface area contributed by atoms with Crippen LogP contribution in [0.25, 0.3) is 0 Å². The minimum atomic E-state index is 0.411. The maximum atomic E-state index is 5.89. The number of ether oxygens (including phenoxy) is 2. The molecule has 0 aliphatic heterocycles. The summed E-state index contributed by atoms with van der Waals surface area (Å²) in [6.07, 6.45) is 1.67. The highest BCUT2D eigenvalue weighted by molar-refractivity contribution is 9.10. The van der Waals surface area contributed by atoms with Crippen molar-refractivity contribution in [3.05, 3.63) is 88.4 Å². The molecule has 0 saturated heterocycles. The van der Waals surface area contributed by atoms with E-state index in [-0.39, 0.29) is 0 Å². The molecular formula is C22H20BrN3O2S. The summed E-state index contributed by atoms with van der Waals surface area (Å²) >= 11 is 8.65. The molecule has 0 atom stereocenters. The SMILES string of the molecule is COc1cc(/C=N/NC(=S)Nc2ccccc2)ccc1OCc1ccc(Br)cc1. The maximum absolute atomic E-state index is 5.89. The third kappa shape index (κ3) is 6.58. The molecule has 0 aliphatic rings. The fraction of sp³-hybridized carbons (Fsp3) is 0.0909. The molecule has 0 bridgehead atoms. The second kappa shape index (κ2) is 10.6. The number of para-hydroxylation sites is 1. The Bertz CT molecular complexity index is 979. The zero-order chi connectivity index (χ0) is 20.5. The van der Waals surface area contributed by atoms with Crippen LogP contribution in [0.4, 0.5) is 5.69 Å². The standard InChI is InChI=1S/C22H20BrN3O2S/c1-27-21-13-17(14-24-26-22(29)25-19-5-3-2-4-6-19)9-12-20(21)28-15-16-7-10-18(23)11-8-16/h2-14H,15H2,1H3,(H2,25,26,29)/b24-14+. The van der Waals surface area contributed by atoms with Gasteiger partial charge in [0.15, 0.2) is 16.6 Å². The molecule has 3 aromatic carbocycles. The number of hydrogen-bond acceptors (Lipinski definition) is 4. The van der Waals surface area contributed by atoms with E-state index in [1.54, 1.807) is 13.3 Å². The fourth-order valence-corrected chi connectivity index (χ4v) is 2.91. The number of thiocarbonyl (C=S) groups is 1. The Hall–Kier alpha value is -2.90. The van der Waals surface area contributed by atoms with Gasteiger partial charge in [-0.25, -0.2) is 0 Å². The third-order valence-corrected chi connectivity index (χ3v) is 4.63. The van der Waals surface area contributed by atoms with Crippen molar-refractivity contribution >= 4 is 45.2 Å². The average molecular weight is 470 g/mol. The molecule has 3 aromatic rings. The summed E-state index contributed by atoms with van der Waals surface area (Å²) in [5.74, 6) is 1.30. The van der Waals surface area contributed by atoms with Gasteiger partial charge in [-0.2, -0.15) is 5.10 Å². The summed E-state index contributed by atoms with van der Waals surface area (Å²) in [5, 5.41) is 7.63. The molecule has 148 valence electrons. The lowest BCUT2D eigenvalue weighted by atomic mass is 10.2. The average Bonchev–Trinajstić information content (AvgIpc) is 2.74. The first-order valence-corrected chi connectivity index (χ1v) is 10.0. The topological polar surface area (TPSA) is 54.9 Å². The van der Waals surface area contributed by atoms with Gasteiger partial charge in [0.05, 0.1) is 13.3 Å². The molecule has 0 spiro atoms. The van der Waals surface area contributed by atoms with Crippen LogP contribution in [-0.2, 0) is 6.61 Å². The summed E-state index contributed by atoms with van der Waals surface area (Å²) in [4.78, 5) is 0. The lowest BCUT2D eigenvalue weighted by Gasteiger charge is -2.11. The van der Waals surface area contributed by atoms with E-state index < -0.39 is 0 Å². The van der Waals surface area contributed by atoms with E-state index >= 15 is 0 Å². The molecule has 0 amide bonds. The highest BCUT2D eigenvalue weighted by atomic mass is 79.9. The van der Waals surface area contributed by atoms with E-state index in [4.69, 9.17) is 21.7 Å². The second-order valence-electron chi connectivity index (χ2n) is 6.02. The summed E-state index contributed by atoms with van der Waals surface area (Å²) in [5.41, 5.74) is 5.62. The van der Waals surface area contributed by atoms with Crippen LogP contribution in [0.2, 0.25) is 0 Å². The normalized spacial score (nSPS) is 10.6. The molecule has 0 saturated carbocycles. The van der Waals surface area contributed by atoms with Gasteiger partial charge in [-0.1, -0.05) is 46.3 Å². The van der Waals surface area contributed by atoms with Gasteiger partial charge in [-0.15, -0.1) is 0 Å². The molecule has 0 fully saturated rings. The maximum Gasteiger partial charge on any atom is 0.191 e. The Morgan fingerprint density at radius 2 is 1.79 bits per heavy atom. The first-order valence-electron chi connectivity index (χ1n) is 8.84. The summed E-state index contributed by atoms with van der Waals surface area (Å²) < 4.78 is 12.4. The summed E-state index contributed by atoms with van der Waals surface area (Å²) in [6, 6.07) is 23.3. The molecule has 3 rings (SSSR count). The first-order chi connectivity index (χ1) is 14.1. The van der Waals surface area contributed by atoms with E-state index in [2.05, 4.69) is 31.8 Å². The predicted octanol–water partition coefficient (Wildman–Crippen LogP) is 5.36. The van der Waals surface area contributed by atoms with Crippen molar-refractivity contribution in [3.63, 3.8) is 0 Å². The van der Waals surface area contributed by atoms with Crippen molar-refractivity contribution in [2.75, 3.05) is 12.4 Å². The zero-order valence-corrected chi connectivity index (χ0v) is 18.2. The van der Waals surface area contributed by atoms with Crippen molar-refractivity contribution in [2.24, 2.45) is 5.10 Å². The molecule has 0 unspecified atom stereocenters. The molecule has 0 aliphatic carbocycles. The largest absolute Gasteiger partial charge is 0.493 e. The van der Waals surface area contributed by atoms with E-state index in [1.165, 1.54) is 0 Å². The molecule has 5 nitrogen and oxygen atoms in total. The van der Waals surface area contributed by atoms with Crippen molar-refractivity contribution in [1.82, 2.24) is 5.43 Å². The van der Waals surface area contributed by atoms with E-state index in [9.17, 15) is 0 Å². The van der Waals surface area contributed by atoms with Gasteiger partial charge in [0.2, 0.25) is 0 Å². The van der Waals surface area contributed by atoms with Gasteiger partial charge in [-0.05, 0) is 65.8 Å². The van der Waals surface area contributed by atoms with Crippen molar-refractivity contribution in [3.8, 4) is 11.5 Å². The number of hydrogen-bond donors (Lipinski definition) is 2. The Labute approximate surface area is 183 Å².